The third kappa shape index (κ3) is 4.51. The second-order valence-corrected chi connectivity index (χ2v) is 8.24. The Balaban J connectivity index is 1.72. The molecule has 0 saturated heterocycles. The number of esters is 1. The van der Waals surface area contributed by atoms with Crippen molar-refractivity contribution < 1.29 is 23.8 Å². The minimum absolute atomic E-state index is 0.0944. The molecule has 0 saturated carbocycles. The molecule has 1 aliphatic carbocycles. The summed E-state index contributed by atoms with van der Waals surface area (Å²) in [5, 5.41) is 3.30. The van der Waals surface area contributed by atoms with Crippen LogP contribution in [-0.4, -0.2) is 32.6 Å². The number of carbonyl (C=O) groups excluding carboxylic acids is 2. The van der Waals surface area contributed by atoms with Crippen molar-refractivity contribution in [3.8, 4) is 11.5 Å². The van der Waals surface area contributed by atoms with Crippen LogP contribution in [0.5, 0.6) is 11.5 Å². The van der Waals surface area contributed by atoms with Gasteiger partial charge in [0.15, 0.2) is 11.5 Å². The standard InChI is InChI=1S/C27H29NO5/c1-17-23(27(30)33-16-15-18-9-5-4-6-10-18)24(25-20(28-17)12-8-13-21(25)29)19-11-7-14-22(31-2)26(19)32-3/h4-7,9-12,14,24-25,28H,8,13,15-16H2,1-3H3. The number of benzene rings is 2. The van der Waals surface area contributed by atoms with Crippen LogP contribution >= 0.6 is 0 Å². The van der Waals surface area contributed by atoms with Crippen LogP contribution in [0.15, 0.2) is 71.6 Å². The highest BCUT2D eigenvalue weighted by Gasteiger charge is 2.44. The summed E-state index contributed by atoms with van der Waals surface area (Å²) >= 11 is 0. The van der Waals surface area contributed by atoms with Crippen molar-refractivity contribution in [3.05, 3.63) is 82.7 Å². The van der Waals surface area contributed by atoms with Gasteiger partial charge in [0, 0.05) is 35.7 Å². The summed E-state index contributed by atoms with van der Waals surface area (Å²) in [6.45, 7) is 2.10. The van der Waals surface area contributed by atoms with Gasteiger partial charge in [0.05, 0.1) is 32.3 Å². The fraction of sp³-hybridized carbons (Fsp3) is 0.333. The van der Waals surface area contributed by atoms with Gasteiger partial charge in [0.2, 0.25) is 0 Å². The number of carbonyl (C=O) groups is 2. The third-order valence-electron chi connectivity index (χ3n) is 6.27. The predicted octanol–water partition coefficient (Wildman–Crippen LogP) is 4.31. The maximum absolute atomic E-state index is 13.4. The number of para-hydroxylation sites is 1. The average Bonchev–Trinajstić information content (AvgIpc) is 2.83. The van der Waals surface area contributed by atoms with E-state index in [9.17, 15) is 9.59 Å². The van der Waals surface area contributed by atoms with Crippen LogP contribution in [0.2, 0.25) is 0 Å². The second kappa shape index (κ2) is 9.94. The summed E-state index contributed by atoms with van der Waals surface area (Å²) in [5.74, 6) is -0.288. The van der Waals surface area contributed by atoms with E-state index in [-0.39, 0.29) is 12.4 Å². The molecule has 2 aliphatic rings. The van der Waals surface area contributed by atoms with Gasteiger partial charge in [0.1, 0.15) is 5.78 Å². The molecule has 0 fully saturated rings. The first-order chi connectivity index (χ1) is 16.0. The number of ketones is 1. The van der Waals surface area contributed by atoms with Crippen LogP contribution < -0.4 is 14.8 Å². The van der Waals surface area contributed by atoms with E-state index in [2.05, 4.69) is 5.32 Å². The van der Waals surface area contributed by atoms with E-state index in [1.807, 2.05) is 55.5 Å². The van der Waals surface area contributed by atoms with Crippen LogP contribution in [0.3, 0.4) is 0 Å². The Morgan fingerprint density at radius 1 is 1.03 bits per heavy atom. The fourth-order valence-corrected chi connectivity index (χ4v) is 4.76. The van der Waals surface area contributed by atoms with Crippen molar-refractivity contribution in [3.63, 3.8) is 0 Å². The quantitative estimate of drug-likeness (QED) is 0.638. The van der Waals surface area contributed by atoms with Crippen molar-refractivity contribution in [2.24, 2.45) is 5.92 Å². The summed E-state index contributed by atoms with van der Waals surface area (Å²) in [7, 11) is 3.14. The smallest absolute Gasteiger partial charge is 0.336 e. The molecule has 33 heavy (non-hydrogen) atoms. The molecule has 2 aromatic carbocycles. The fourth-order valence-electron chi connectivity index (χ4n) is 4.76. The molecule has 2 unspecified atom stereocenters. The Kier molecular flexibility index (Phi) is 6.82. The second-order valence-electron chi connectivity index (χ2n) is 8.24. The lowest BCUT2D eigenvalue weighted by atomic mass is 9.70. The molecular weight excluding hydrogens is 418 g/mol. The van der Waals surface area contributed by atoms with E-state index >= 15 is 0 Å². The van der Waals surface area contributed by atoms with Gasteiger partial charge in [-0.25, -0.2) is 4.79 Å². The molecule has 0 spiro atoms. The van der Waals surface area contributed by atoms with Crippen molar-refractivity contribution in [1.29, 1.82) is 0 Å². The minimum atomic E-state index is -0.528. The first-order valence-electron chi connectivity index (χ1n) is 11.2. The highest BCUT2D eigenvalue weighted by atomic mass is 16.5. The lowest BCUT2D eigenvalue weighted by Crippen LogP contribution is -2.41. The monoisotopic (exact) mass is 447 g/mol. The molecule has 0 radical (unpaired) electrons. The number of hydrogen-bond donors (Lipinski definition) is 1. The Bertz CT molecular complexity index is 1100. The summed E-state index contributed by atoms with van der Waals surface area (Å²) in [4.78, 5) is 26.5. The van der Waals surface area contributed by atoms with Gasteiger partial charge in [-0.15, -0.1) is 0 Å². The van der Waals surface area contributed by atoms with Crippen LogP contribution in [0.25, 0.3) is 0 Å². The molecule has 172 valence electrons. The molecule has 2 atom stereocenters. The maximum atomic E-state index is 13.4. The Labute approximate surface area is 194 Å². The summed E-state index contributed by atoms with van der Waals surface area (Å²) in [6.07, 6.45) is 3.79. The number of methoxy groups -OCH3 is 2. The van der Waals surface area contributed by atoms with Crippen molar-refractivity contribution in [2.45, 2.75) is 32.1 Å². The Morgan fingerprint density at radius 3 is 2.55 bits per heavy atom. The number of rotatable bonds is 7. The average molecular weight is 448 g/mol. The van der Waals surface area contributed by atoms with Gasteiger partial charge in [-0.3, -0.25) is 4.79 Å². The van der Waals surface area contributed by atoms with Gasteiger partial charge in [-0.2, -0.15) is 0 Å². The number of fused-ring (bicyclic) bond motifs is 1. The lowest BCUT2D eigenvalue weighted by molar-refractivity contribution is -0.139. The number of Topliss-reactive ketones (excluding diaryl/α,β-unsaturated/α-hetero) is 1. The Morgan fingerprint density at radius 2 is 1.82 bits per heavy atom. The molecular formula is C27H29NO5. The zero-order chi connectivity index (χ0) is 23.4. The van der Waals surface area contributed by atoms with Crippen molar-refractivity contribution >= 4 is 11.8 Å². The SMILES string of the molecule is COc1cccc(C2C(C(=O)OCCc3ccccc3)=C(C)NC3=CCCC(=O)C32)c1OC. The number of nitrogens with one attached hydrogen (secondary N) is 1. The van der Waals surface area contributed by atoms with Crippen LogP contribution in [0.1, 0.15) is 36.8 Å². The van der Waals surface area contributed by atoms with Crippen molar-refractivity contribution in [2.75, 3.05) is 20.8 Å². The van der Waals surface area contributed by atoms with Gasteiger partial charge in [-0.1, -0.05) is 48.5 Å². The molecule has 6 heteroatoms. The van der Waals surface area contributed by atoms with E-state index in [4.69, 9.17) is 14.2 Å². The molecule has 4 rings (SSSR count). The molecule has 2 aromatic rings. The topological polar surface area (TPSA) is 73.9 Å². The van der Waals surface area contributed by atoms with Gasteiger partial charge >= 0.3 is 5.97 Å². The summed E-state index contributed by atoms with van der Waals surface area (Å²) < 4.78 is 16.9. The van der Waals surface area contributed by atoms with Gasteiger partial charge in [0.25, 0.3) is 0 Å². The van der Waals surface area contributed by atoms with Crippen LogP contribution in [0, 0.1) is 5.92 Å². The summed E-state index contributed by atoms with van der Waals surface area (Å²) in [5.41, 5.74) is 3.80. The molecule has 0 amide bonds. The molecule has 6 nitrogen and oxygen atoms in total. The zero-order valence-corrected chi connectivity index (χ0v) is 19.2. The lowest BCUT2D eigenvalue weighted by Gasteiger charge is -2.38. The number of allylic oxidation sites excluding steroid dienone is 3. The van der Waals surface area contributed by atoms with E-state index in [1.54, 1.807) is 20.3 Å². The number of ether oxygens (including phenoxy) is 3. The van der Waals surface area contributed by atoms with Crippen LogP contribution in [-0.2, 0) is 20.7 Å². The molecule has 0 aromatic heterocycles. The van der Waals surface area contributed by atoms with Gasteiger partial charge in [-0.05, 0) is 25.0 Å². The summed E-state index contributed by atoms with van der Waals surface area (Å²) in [6, 6.07) is 15.4. The van der Waals surface area contributed by atoms with Gasteiger partial charge < -0.3 is 19.5 Å². The first kappa shape index (κ1) is 22.6. The van der Waals surface area contributed by atoms with E-state index in [0.717, 1.165) is 16.8 Å². The normalized spacial score (nSPS) is 19.8. The first-order valence-corrected chi connectivity index (χ1v) is 11.2. The Hall–Kier alpha value is -3.54. The molecule has 1 aliphatic heterocycles. The van der Waals surface area contributed by atoms with E-state index < -0.39 is 17.8 Å². The molecule has 1 heterocycles. The minimum Gasteiger partial charge on any atom is -0.493 e. The zero-order valence-electron chi connectivity index (χ0n) is 19.2. The maximum Gasteiger partial charge on any atom is 0.336 e. The highest BCUT2D eigenvalue weighted by molar-refractivity contribution is 5.96. The van der Waals surface area contributed by atoms with E-state index in [1.165, 1.54) is 0 Å². The predicted molar refractivity (Wildman–Crippen MR) is 125 cm³/mol. The van der Waals surface area contributed by atoms with E-state index in [0.29, 0.717) is 42.0 Å². The highest BCUT2D eigenvalue weighted by Crippen LogP contribution is 2.48. The molecule has 1 N–H and O–H groups in total. The third-order valence-corrected chi connectivity index (χ3v) is 6.27. The van der Waals surface area contributed by atoms with Crippen LogP contribution in [0.4, 0.5) is 0 Å². The van der Waals surface area contributed by atoms with Crippen molar-refractivity contribution in [1.82, 2.24) is 5.32 Å². The largest absolute Gasteiger partial charge is 0.493 e. The molecule has 0 bridgehead atoms. The number of hydrogen-bond acceptors (Lipinski definition) is 6.